The van der Waals surface area contributed by atoms with E-state index in [0.29, 0.717) is 6.10 Å². The van der Waals surface area contributed by atoms with Gasteiger partial charge in [-0.3, -0.25) is 0 Å². The number of ether oxygens (including phenoxy) is 2. The van der Waals surface area contributed by atoms with Crippen molar-refractivity contribution in [2.75, 3.05) is 6.61 Å². The normalized spacial score (nSPS) is 31.8. The second-order valence-electron chi connectivity index (χ2n) is 6.08. The molecule has 0 aromatic heterocycles. The van der Waals surface area contributed by atoms with Gasteiger partial charge < -0.3 is 9.47 Å². The Balaban J connectivity index is 2.02. The minimum absolute atomic E-state index is 0.214. The molecule has 2 rings (SSSR count). The molecule has 0 N–H and O–H groups in total. The lowest BCUT2D eigenvalue weighted by Crippen LogP contribution is -2.49. The molecule has 1 aliphatic heterocycles. The van der Waals surface area contributed by atoms with E-state index in [1.54, 1.807) is 0 Å². The molecule has 88 valence electrons. The molecular weight excluding hydrogens is 188 g/mol. The third-order valence-electron chi connectivity index (χ3n) is 3.68. The van der Waals surface area contributed by atoms with Gasteiger partial charge in [-0.2, -0.15) is 0 Å². The van der Waals surface area contributed by atoms with E-state index in [0.717, 1.165) is 25.9 Å². The molecule has 1 unspecified atom stereocenters. The van der Waals surface area contributed by atoms with E-state index in [1.807, 2.05) is 0 Å². The molecule has 1 saturated carbocycles. The Hall–Kier alpha value is -0.0800. The largest absolute Gasteiger partial charge is 0.350 e. The van der Waals surface area contributed by atoms with Gasteiger partial charge in [-0.15, -0.1) is 0 Å². The Labute approximate surface area is 93.3 Å². The zero-order valence-electron chi connectivity index (χ0n) is 10.3. The lowest BCUT2D eigenvalue weighted by Gasteiger charge is -2.47. The summed E-state index contributed by atoms with van der Waals surface area (Å²) in [5, 5.41) is 0. The lowest BCUT2D eigenvalue weighted by atomic mass is 9.85. The SMILES string of the molecule is CC(C)(C)C1CCOC2(CCCCC2)O1. The Kier molecular flexibility index (Phi) is 3.09. The van der Waals surface area contributed by atoms with Gasteiger partial charge >= 0.3 is 0 Å². The van der Waals surface area contributed by atoms with Gasteiger partial charge in [0.15, 0.2) is 5.79 Å². The van der Waals surface area contributed by atoms with Crippen LogP contribution in [0.3, 0.4) is 0 Å². The van der Waals surface area contributed by atoms with E-state index in [-0.39, 0.29) is 11.2 Å². The van der Waals surface area contributed by atoms with Crippen LogP contribution in [0.2, 0.25) is 0 Å². The summed E-state index contributed by atoms with van der Waals surface area (Å²) in [6.07, 6.45) is 7.47. The van der Waals surface area contributed by atoms with E-state index >= 15 is 0 Å². The minimum Gasteiger partial charge on any atom is -0.350 e. The second-order valence-corrected chi connectivity index (χ2v) is 6.08. The summed E-state index contributed by atoms with van der Waals surface area (Å²) in [6.45, 7) is 7.67. The first-order chi connectivity index (χ1) is 7.02. The predicted molar refractivity (Wildman–Crippen MR) is 60.7 cm³/mol. The Morgan fingerprint density at radius 1 is 1.07 bits per heavy atom. The lowest BCUT2D eigenvalue weighted by molar-refractivity contribution is -0.319. The van der Waals surface area contributed by atoms with Gasteiger partial charge in [0, 0.05) is 12.8 Å². The molecule has 0 aromatic carbocycles. The molecule has 0 bridgehead atoms. The first-order valence-corrected chi connectivity index (χ1v) is 6.34. The summed E-state index contributed by atoms with van der Waals surface area (Å²) >= 11 is 0. The topological polar surface area (TPSA) is 18.5 Å². The van der Waals surface area contributed by atoms with E-state index in [1.165, 1.54) is 19.3 Å². The Bertz CT molecular complexity index is 206. The van der Waals surface area contributed by atoms with Crippen LogP contribution in [-0.4, -0.2) is 18.5 Å². The van der Waals surface area contributed by atoms with Crippen LogP contribution in [0.15, 0.2) is 0 Å². The van der Waals surface area contributed by atoms with Gasteiger partial charge in [-0.1, -0.05) is 27.2 Å². The second kappa shape index (κ2) is 4.06. The number of hydrogen-bond donors (Lipinski definition) is 0. The van der Waals surface area contributed by atoms with Gasteiger partial charge in [-0.05, 0) is 24.7 Å². The maximum Gasteiger partial charge on any atom is 0.168 e. The van der Waals surface area contributed by atoms with Crippen LogP contribution in [0.1, 0.15) is 59.3 Å². The fourth-order valence-corrected chi connectivity index (χ4v) is 2.67. The molecule has 0 aromatic rings. The monoisotopic (exact) mass is 212 g/mol. The van der Waals surface area contributed by atoms with E-state index < -0.39 is 0 Å². The van der Waals surface area contributed by atoms with Crippen LogP contribution in [0.4, 0.5) is 0 Å². The highest BCUT2D eigenvalue weighted by molar-refractivity contribution is 4.85. The van der Waals surface area contributed by atoms with E-state index in [2.05, 4.69) is 20.8 Å². The summed E-state index contributed by atoms with van der Waals surface area (Å²) in [4.78, 5) is 0. The van der Waals surface area contributed by atoms with Gasteiger partial charge in [0.25, 0.3) is 0 Å². The fraction of sp³-hybridized carbons (Fsp3) is 1.00. The highest BCUT2D eigenvalue weighted by Gasteiger charge is 2.42. The van der Waals surface area contributed by atoms with Crippen molar-refractivity contribution >= 4 is 0 Å². The minimum atomic E-state index is -0.214. The van der Waals surface area contributed by atoms with Crippen molar-refractivity contribution in [3.05, 3.63) is 0 Å². The van der Waals surface area contributed by atoms with Crippen LogP contribution in [0.5, 0.6) is 0 Å². The maximum atomic E-state index is 6.26. The van der Waals surface area contributed by atoms with Crippen molar-refractivity contribution in [3.8, 4) is 0 Å². The summed E-state index contributed by atoms with van der Waals surface area (Å²) in [5.74, 6) is -0.214. The summed E-state index contributed by atoms with van der Waals surface area (Å²) in [7, 11) is 0. The smallest absolute Gasteiger partial charge is 0.168 e. The Morgan fingerprint density at radius 3 is 2.33 bits per heavy atom. The average Bonchev–Trinajstić information content (AvgIpc) is 2.18. The first-order valence-electron chi connectivity index (χ1n) is 6.34. The van der Waals surface area contributed by atoms with Crippen molar-refractivity contribution < 1.29 is 9.47 Å². The van der Waals surface area contributed by atoms with Crippen molar-refractivity contribution in [1.82, 2.24) is 0 Å². The predicted octanol–water partition coefficient (Wildman–Crippen LogP) is 3.50. The third kappa shape index (κ3) is 2.54. The molecule has 2 fully saturated rings. The molecule has 1 saturated heterocycles. The highest BCUT2D eigenvalue weighted by Crippen LogP contribution is 2.40. The zero-order chi connectivity index (χ0) is 10.9. The van der Waals surface area contributed by atoms with Crippen LogP contribution in [0, 0.1) is 5.41 Å². The molecule has 2 aliphatic rings. The van der Waals surface area contributed by atoms with Crippen molar-refractivity contribution in [2.24, 2.45) is 5.41 Å². The fourth-order valence-electron chi connectivity index (χ4n) is 2.67. The molecule has 1 atom stereocenters. The van der Waals surface area contributed by atoms with Crippen LogP contribution in [0.25, 0.3) is 0 Å². The molecule has 1 spiro atoms. The highest BCUT2D eigenvalue weighted by atomic mass is 16.7. The van der Waals surface area contributed by atoms with E-state index in [9.17, 15) is 0 Å². The standard InChI is InChI=1S/C13H24O2/c1-12(2,3)11-7-10-14-13(15-11)8-5-4-6-9-13/h11H,4-10H2,1-3H3. The quantitative estimate of drug-likeness (QED) is 0.612. The van der Waals surface area contributed by atoms with Crippen molar-refractivity contribution in [3.63, 3.8) is 0 Å². The van der Waals surface area contributed by atoms with Gasteiger partial charge in [0.05, 0.1) is 12.7 Å². The Morgan fingerprint density at radius 2 is 1.73 bits per heavy atom. The van der Waals surface area contributed by atoms with Crippen molar-refractivity contribution in [1.29, 1.82) is 0 Å². The molecule has 1 aliphatic carbocycles. The summed E-state index contributed by atoms with van der Waals surface area (Å²) in [5.41, 5.74) is 0.244. The molecule has 0 radical (unpaired) electrons. The van der Waals surface area contributed by atoms with Crippen molar-refractivity contribution in [2.45, 2.75) is 71.2 Å². The van der Waals surface area contributed by atoms with Crippen LogP contribution >= 0.6 is 0 Å². The third-order valence-corrected chi connectivity index (χ3v) is 3.68. The molecule has 2 heteroatoms. The molecular formula is C13H24O2. The zero-order valence-corrected chi connectivity index (χ0v) is 10.3. The molecule has 15 heavy (non-hydrogen) atoms. The number of hydrogen-bond acceptors (Lipinski definition) is 2. The van der Waals surface area contributed by atoms with Crippen LogP contribution < -0.4 is 0 Å². The number of rotatable bonds is 0. The maximum absolute atomic E-state index is 6.26. The first kappa shape index (κ1) is 11.4. The van der Waals surface area contributed by atoms with Gasteiger partial charge in [-0.25, -0.2) is 0 Å². The average molecular weight is 212 g/mol. The van der Waals surface area contributed by atoms with Gasteiger partial charge in [0.1, 0.15) is 0 Å². The molecule has 1 heterocycles. The van der Waals surface area contributed by atoms with Gasteiger partial charge in [0.2, 0.25) is 0 Å². The molecule has 2 nitrogen and oxygen atoms in total. The summed E-state index contributed by atoms with van der Waals surface area (Å²) < 4.78 is 12.2. The summed E-state index contributed by atoms with van der Waals surface area (Å²) in [6, 6.07) is 0. The van der Waals surface area contributed by atoms with Crippen LogP contribution in [-0.2, 0) is 9.47 Å². The van der Waals surface area contributed by atoms with E-state index in [4.69, 9.17) is 9.47 Å². The molecule has 0 amide bonds.